The number of anilines is 2. The van der Waals surface area contributed by atoms with E-state index in [1.807, 2.05) is 0 Å². The highest BCUT2D eigenvalue weighted by molar-refractivity contribution is 6.03. The lowest BCUT2D eigenvalue weighted by Crippen LogP contribution is -2.28. The minimum atomic E-state index is -0.187. The molecule has 1 aromatic rings. The number of carbonyl (C=O) groups excluding carboxylic acids is 1. The average molecular weight is 287 g/mol. The zero-order valence-corrected chi connectivity index (χ0v) is 13.0. The normalized spacial score (nSPS) is 20.3. The summed E-state index contributed by atoms with van der Waals surface area (Å²) in [5.41, 5.74) is 3.28. The zero-order chi connectivity index (χ0) is 14.8. The monoisotopic (exact) mass is 287 g/mol. The number of hydrogen-bond acceptors (Lipinski definition) is 3. The summed E-state index contributed by atoms with van der Waals surface area (Å²) in [7, 11) is 0. The number of nitrogens with one attached hydrogen (secondary N) is 2. The van der Waals surface area contributed by atoms with Gasteiger partial charge in [-0.15, -0.1) is 0 Å². The molecule has 114 valence electrons. The molecule has 3 rings (SSSR count). The maximum absolute atomic E-state index is 12.1. The molecule has 2 N–H and O–H groups in total. The van der Waals surface area contributed by atoms with E-state index < -0.39 is 0 Å². The van der Waals surface area contributed by atoms with Gasteiger partial charge in [0.05, 0.1) is 0 Å². The van der Waals surface area contributed by atoms with Crippen LogP contribution >= 0.6 is 0 Å². The Labute approximate surface area is 126 Å². The Hall–Kier alpha value is -1.55. The van der Waals surface area contributed by atoms with Crippen molar-refractivity contribution in [3.63, 3.8) is 0 Å². The summed E-state index contributed by atoms with van der Waals surface area (Å²) >= 11 is 0. The minimum absolute atomic E-state index is 0.0702. The number of benzene rings is 1. The van der Waals surface area contributed by atoms with Crippen LogP contribution in [0.5, 0.6) is 0 Å². The molecule has 1 saturated carbocycles. The molecule has 0 aromatic heterocycles. The summed E-state index contributed by atoms with van der Waals surface area (Å²) in [6.07, 6.45) is 3.75. The molecule has 1 aliphatic heterocycles. The first-order valence-corrected chi connectivity index (χ1v) is 8.16. The summed E-state index contributed by atoms with van der Waals surface area (Å²) in [4.78, 5) is 14.5. The van der Waals surface area contributed by atoms with Gasteiger partial charge in [-0.25, -0.2) is 0 Å². The standard InChI is InChI=1S/C17H25N3O/c1-3-9-18-16-14-8-7-13(10-15(14)19-17(16)21)20(4-2)11-12-5-6-12/h7-8,10,12,16,18H,3-6,9,11H2,1-2H3,(H,19,21). The maximum atomic E-state index is 12.1. The lowest BCUT2D eigenvalue weighted by molar-refractivity contribution is -0.117. The SMILES string of the molecule is CCCNC1C(=O)Nc2cc(N(CC)CC3CC3)ccc21. The molecule has 1 atom stereocenters. The van der Waals surface area contributed by atoms with Gasteiger partial charge in [0.25, 0.3) is 0 Å². The molecule has 0 spiro atoms. The van der Waals surface area contributed by atoms with Crippen molar-refractivity contribution in [3.05, 3.63) is 23.8 Å². The van der Waals surface area contributed by atoms with Crippen LogP contribution in [0.4, 0.5) is 11.4 Å². The topological polar surface area (TPSA) is 44.4 Å². The predicted octanol–water partition coefficient (Wildman–Crippen LogP) is 2.92. The van der Waals surface area contributed by atoms with Crippen LogP contribution in [0.25, 0.3) is 0 Å². The van der Waals surface area contributed by atoms with Crippen LogP contribution in [0.15, 0.2) is 18.2 Å². The molecule has 2 aliphatic rings. The van der Waals surface area contributed by atoms with Crippen molar-refractivity contribution >= 4 is 17.3 Å². The predicted molar refractivity (Wildman–Crippen MR) is 86.7 cm³/mol. The van der Waals surface area contributed by atoms with Gasteiger partial charge in [-0.3, -0.25) is 4.79 Å². The number of carbonyl (C=O) groups is 1. The third kappa shape index (κ3) is 3.05. The van der Waals surface area contributed by atoms with Crippen molar-refractivity contribution in [2.75, 3.05) is 29.9 Å². The van der Waals surface area contributed by atoms with Crippen LogP contribution < -0.4 is 15.5 Å². The summed E-state index contributed by atoms with van der Waals surface area (Å²) in [6.45, 7) is 7.32. The van der Waals surface area contributed by atoms with Crippen molar-refractivity contribution in [2.24, 2.45) is 5.92 Å². The number of rotatable bonds is 7. The van der Waals surface area contributed by atoms with Crippen LogP contribution in [-0.4, -0.2) is 25.5 Å². The van der Waals surface area contributed by atoms with Crippen molar-refractivity contribution in [1.82, 2.24) is 5.32 Å². The highest BCUT2D eigenvalue weighted by Crippen LogP contribution is 2.36. The van der Waals surface area contributed by atoms with E-state index in [0.717, 1.165) is 43.2 Å². The molecule has 4 nitrogen and oxygen atoms in total. The van der Waals surface area contributed by atoms with E-state index in [1.165, 1.54) is 18.5 Å². The second kappa shape index (κ2) is 6.06. The minimum Gasteiger partial charge on any atom is -0.371 e. The molecular formula is C17H25N3O. The van der Waals surface area contributed by atoms with E-state index in [1.54, 1.807) is 0 Å². The van der Waals surface area contributed by atoms with E-state index in [9.17, 15) is 4.79 Å². The highest BCUT2D eigenvalue weighted by Gasteiger charge is 2.30. The Bertz CT molecular complexity index is 525. The molecule has 1 aliphatic carbocycles. The molecule has 1 heterocycles. The molecule has 1 unspecified atom stereocenters. The Morgan fingerprint density at radius 1 is 1.33 bits per heavy atom. The summed E-state index contributed by atoms with van der Waals surface area (Å²) in [5, 5.41) is 6.33. The molecule has 4 heteroatoms. The van der Waals surface area contributed by atoms with E-state index in [2.05, 4.69) is 47.6 Å². The van der Waals surface area contributed by atoms with Gasteiger partial charge >= 0.3 is 0 Å². The highest BCUT2D eigenvalue weighted by atomic mass is 16.2. The second-order valence-corrected chi connectivity index (χ2v) is 6.13. The fourth-order valence-corrected chi connectivity index (χ4v) is 2.97. The fraction of sp³-hybridized carbons (Fsp3) is 0.588. The molecule has 1 amide bonds. The third-order valence-corrected chi connectivity index (χ3v) is 4.39. The smallest absolute Gasteiger partial charge is 0.246 e. The van der Waals surface area contributed by atoms with Gasteiger partial charge in [-0.2, -0.15) is 0 Å². The third-order valence-electron chi connectivity index (χ3n) is 4.39. The lowest BCUT2D eigenvalue weighted by Gasteiger charge is -2.23. The molecular weight excluding hydrogens is 262 g/mol. The van der Waals surface area contributed by atoms with Crippen LogP contribution in [0.3, 0.4) is 0 Å². The first kappa shape index (κ1) is 14.4. The first-order chi connectivity index (χ1) is 10.2. The summed E-state index contributed by atoms with van der Waals surface area (Å²) < 4.78 is 0. The summed E-state index contributed by atoms with van der Waals surface area (Å²) in [6, 6.07) is 6.21. The molecule has 0 bridgehead atoms. The van der Waals surface area contributed by atoms with Crippen LogP contribution in [0, 0.1) is 5.92 Å². The Balaban J connectivity index is 1.78. The molecule has 0 radical (unpaired) electrons. The van der Waals surface area contributed by atoms with Gasteiger partial charge in [0.2, 0.25) is 5.91 Å². The first-order valence-electron chi connectivity index (χ1n) is 8.16. The van der Waals surface area contributed by atoms with Gasteiger partial charge in [0, 0.05) is 30.0 Å². The van der Waals surface area contributed by atoms with Gasteiger partial charge in [-0.05, 0) is 50.8 Å². The fourth-order valence-electron chi connectivity index (χ4n) is 2.97. The Morgan fingerprint density at radius 3 is 2.81 bits per heavy atom. The molecule has 1 aromatic carbocycles. The van der Waals surface area contributed by atoms with E-state index in [4.69, 9.17) is 0 Å². The van der Waals surface area contributed by atoms with Gasteiger partial charge in [0.15, 0.2) is 0 Å². The molecule has 1 fully saturated rings. The largest absolute Gasteiger partial charge is 0.371 e. The van der Waals surface area contributed by atoms with Crippen molar-refractivity contribution < 1.29 is 4.79 Å². The van der Waals surface area contributed by atoms with Crippen LogP contribution in [-0.2, 0) is 4.79 Å². The Kier molecular flexibility index (Phi) is 4.15. The van der Waals surface area contributed by atoms with Gasteiger partial charge < -0.3 is 15.5 Å². The number of hydrogen-bond donors (Lipinski definition) is 2. The Morgan fingerprint density at radius 2 is 2.14 bits per heavy atom. The maximum Gasteiger partial charge on any atom is 0.246 e. The van der Waals surface area contributed by atoms with Crippen molar-refractivity contribution in [1.29, 1.82) is 0 Å². The van der Waals surface area contributed by atoms with E-state index in [0.29, 0.717) is 0 Å². The number of fused-ring (bicyclic) bond motifs is 1. The summed E-state index contributed by atoms with van der Waals surface area (Å²) in [5.74, 6) is 0.938. The van der Waals surface area contributed by atoms with Crippen LogP contribution in [0.1, 0.15) is 44.7 Å². The second-order valence-electron chi connectivity index (χ2n) is 6.13. The zero-order valence-electron chi connectivity index (χ0n) is 13.0. The quantitative estimate of drug-likeness (QED) is 0.810. The average Bonchev–Trinajstić information content (AvgIpc) is 3.25. The van der Waals surface area contributed by atoms with Crippen molar-refractivity contribution in [3.8, 4) is 0 Å². The van der Waals surface area contributed by atoms with E-state index in [-0.39, 0.29) is 11.9 Å². The van der Waals surface area contributed by atoms with Crippen molar-refractivity contribution in [2.45, 2.75) is 39.2 Å². The van der Waals surface area contributed by atoms with Gasteiger partial charge in [-0.1, -0.05) is 13.0 Å². The molecule has 21 heavy (non-hydrogen) atoms. The van der Waals surface area contributed by atoms with E-state index >= 15 is 0 Å². The lowest BCUT2D eigenvalue weighted by atomic mass is 10.1. The molecule has 0 saturated heterocycles. The number of amides is 1. The van der Waals surface area contributed by atoms with Gasteiger partial charge in [0.1, 0.15) is 6.04 Å². The number of nitrogens with zero attached hydrogens (tertiary/aromatic N) is 1. The van der Waals surface area contributed by atoms with Crippen LogP contribution in [0.2, 0.25) is 0 Å².